The number of amides is 1. The molecule has 1 aromatic carbocycles. The molecule has 0 saturated carbocycles. The SMILES string of the molecule is CCNC(=NCc1ccc(C(N)=O)o1)NCCc1ccc(F)cc1C. The molecule has 7 heteroatoms. The zero-order valence-electron chi connectivity index (χ0n) is 14.4. The van der Waals surface area contributed by atoms with Crippen molar-refractivity contribution in [3.63, 3.8) is 0 Å². The molecular formula is C18H23FN4O2. The van der Waals surface area contributed by atoms with Crippen molar-refractivity contribution in [2.24, 2.45) is 10.7 Å². The summed E-state index contributed by atoms with van der Waals surface area (Å²) in [6.07, 6.45) is 0.753. The minimum Gasteiger partial charge on any atom is -0.454 e. The normalized spacial score (nSPS) is 11.4. The summed E-state index contributed by atoms with van der Waals surface area (Å²) in [5.74, 6) is 0.488. The van der Waals surface area contributed by atoms with Gasteiger partial charge in [-0.1, -0.05) is 6.07 Å². The first-order valence-electron chi connectivity index (χ1n) is 8.15. The number of hydrogen-bond acceptors (Lipinski definition) is 3. The molecule has 0 aliphatic rings. The molecule has 0 fully saturated rings. The first-order chi connectivity index (χ1) is 12.0. The molecule has 6 nitrogen and oxygen atoms in total. The van der Waals surface area contributed by atoms with E-state index in [-0.39, 0.29) is 18.1 Å². The highest BCUT2D eigenvalue weighted by Crippen LogP contribution is 2.10. The van der Waals surface area contributed by atoms with Crippen molar-refractivity contribution in [3.8, 4) is 0 Å². The van der Waals surface area contributed by atoms with E-state index < -0.39 is 5.91 Å². The lowest BCUT2D eigenvalue weighted by atomic mass is 10.1. The Kier molecular flexibility index (Phi) is 6.56. The Balaban J connectivity index is 1.91. The molecule has 0 unspecified atom stereocenters. The molecule has 0 spiro atoms. The van der Waals surface area contributed by atoms with Crippen molar-refractivity contribution < 1.29 is 13.6 Å². The molecule has 0 bridgehead atoms. The lowest BCUT2D eigenvalue weighted by Gasteiger charge is -2.12. The van der Waals surface area contributed by atoms with E-state index in [4.69, 9.17) is 10.2 Å². The Morgan fingerprint density at radius 3 is 2.72 bits per heavy atom. The molecule has 4 N–H and O–H groups in total. The summed E-state index contributed by atoms with van der Waals surface area (Å²) in [5.41, 5.74) is 7.17. The Morgan fingerprint density at radius 1 is 1.28 bits per heavy atom. The van der Waals surface area contributed by atoms with Gasteiger partial charge in [-0.25, -0.2) is 9.38 Å². The average Bonchev–Trinajstić information content (AvgIpc) is 3.04. The summed E-state index contributed by atoms with van der Waals surface area (Å²) in [6.45, 7) is 5.53. The van der Waals surface area contributed by atoms with Crippen LogP contribution in [-0.2, 0) is 13.0 Å². The number of aryl methyl sites for hydroxylation is 1. The summed E-state index contributed by atoms with van der Waals surface area (Å²) in [6, 6.07) is 8.00. The van der Waals surface area contributed by atoms with Gasteiger partial charge < -0.3 is 20.8 Å². The number of rotatable bonds is 7. The maximum atomic E-state index is 13.1. The van der Waals surface area contributed by atoms with Crippen LogP contribution < -0.4 is 16.4 Å². The van der Waals surface area contributed by atoms with Gasteiger partial charge in [0, 0.05) is 13.1 Å². The number of aliphatic imine (C=N–C) groups is 1. The molecule has 1 amide bonds. The van der Waals surface area contributed by atoms with Gasteiger partial charge in [0.15, 0.2) is 11.7 Å². The van der Waals surface area contributed by atoms with Crippen molar-refractivity contribution >= 4 is 11.9 Å². The van der Waals surface area contributed by atoms with Crippen LogP contribution in [0.5, 0.6) is 0 Å². The maximum Gasteiger partial charge on any atom is 0.284 e. The van der Waals surface area contributed by atoms with E-state index in [0.29, 0.717) is 24.8 Å². The van der Waals surface area contributed by atoms with Crippen molar-refractivity contribution in [3.05, 3.63) is 58.8 Å². The fourth-order valence-electron chi connectivity index (χ4n) is 2.35. The lowest BCUT2D eigenvalue weighted by molar-refractivity contribution is 0.0972. The zero-order chi connectivity index (χ0) is 18.2. The van der Waals surface area contributed by atoms with E-state index in [9.17, 15) is 9.18 Å². The van der Waals surface area contributed by atoms with Crippen LogP contribution in [0.2, 0.25) is 0 Å². The summed E-state index contributed by atoms with van der Waals surface area (Å²) < 4.78 is 18.4. The number of nitrogens with two attached hydrogens (primary N) is 1. The summed E-state index contributed by atoms with van der Waals surface area (Å²) in [5, 5.41) is 6.36. The molecule has 2 aromatic rings. The van der Waals surface area contributed by atoms with Crippen LogP contribution >= 0.6 is 0 Å². The molecule has 0 saturated heterocycles. The molecule has 2 rings (SSSR count). The number of nitrogens with one attached hydrogen (secondary N) is 2. The van der Waals surface area contributed by atoms with Gasteiger partial charge in [-0.15, -0.1) is 0 Å². The van der Waals surface area contributed by atoms with Gasteiger partial charge in [-0.3, -0.25) is 4.79 Å². The maximum absolute atomic E-state index is 13.1. The number of nitrogens with zero attached hydrogens (tertiary/aromatic N) is 1. The van der Waals surface area contributed by atoms with E-state index in [1.54, 1.807) is 12.1 Å². The highest BCUT2D eigenvalue weighted by atomic mass is 19.1. The van der Waals surface area contributed by atoms with Gasteiger partial charge in [0.25, 0.3) is 5.91 Å². The minimum atomic E-state index is -0.602. The van der Waals surface area contributed by atoms with Crippen LogP contribution in [0.3, 0.4) is 0 Å². The zero-order valence-corrected chi connectivity index (χ0v) is 14.4. The van der Waals surface area contributed by atoms with Gasteiger partial charge in [-0.05, 0) is 55.7 Å². The Hall–Kier alpha value is -2.83. The van der Waals surface area contributed by atoms with Crippen LogP contribution in [0.25, 0.3) is 0 Å². The third-order valence-electron chi connectivity index (χ3n) is 3.63. The quantitative estimate of drug-likeness (QED) is 0.529. The average molecular weight is 346 g/mol. The van der Waals surface area contributed by atoms with E-state index in [0.717, 1.165) is 17.5 Å². The van der Waals surface area contributed by atoms with Gasteiger partial charge in [-0.2, -0.15) is 0 Å². The Morgan fingerprint density at radius 2 is 2.08 bits per heavy atom. The fraction of sp³-hybridized carbons (Fsp3) is 0.333. The van der Waals surface area contributed by atoms with Gasteiger partial charge in [0.1, 0.15) is 18.1 Å². The molecule has 25 heavy (non-hydrogen) atoms. The highest BCUT2D eigenvalue weighted by molar-refractivity contribution is 5.89. The number of primary amides is 1. The molecule has 1 heterocycles. The molecule has 0 radical (unpaired) electrons. The van der Waals surface area contributed by atoms with Gasteiger partial charge in [0.2, 0.25) is 0 Å². The highest BCUT2D eigenvalue weighted by Gasteiger charge is 2.07. The number of hydrogen-bond donors (Lipinski definition) is 3. The molecule has 1 aromatic heterocycles. The van der Waals surface area contributed by atoms with Gasteiger partial charge >= 0.3 is 0 Å². The smallest absolute Gasteiger partial charge is 0.284 e. The topological polar surface area (TPSA) is 92.6 Å². The number of halogens is 1. The second kappa shape index (κ2) is 8.86. The van der Waals surface area contributed by atoms with Crippen molar-refractivity contribution in [1.82, 2.24) is 10.6 Å². The first kappa shape index (κ1) is 18.5. The second-order valence-corrected chi connectivity index (χ2v) is 5.57. The fourth-order valence-corrected chi connectivity index (χ4v) is 2.35. The Labute approximate surface area is 146 Å². The first-order valence-corrected chi connectivity index (χ1v) is 8.15. The lowest BCUT2D eigenvalue weighted by Crippen LogP contribution is -2.38. The predicted molar refractivity (Wildman–Crippen MR) is 94.9 cm³/mol. The number of carbonyl (C=O) groups is 1. The van der Waals surface area contributed by atoms with E-state index in [1.165, 1.54) is 18.2 Å². The van der Waals surface area contributed by atoms with Crippen LogP contribution in [0, 0.1) is 12.7 Å². The van der Waals surface area contributed by atoms with Crippen LogP contribution in [0.1, 0.15) is 34.4 Å². The van der Waals surface area contributed by atoms with E-state index in [2.05, 4.69) is 15.6 Å². The van der Waals surface area contributed by atoms with E-state index >= 15 is 0 Å². The third-order valence-corrected chi connectivity index (χ3v) is 3.63. The molecule has 0 atom stereocenters. The van der Waals surface area contributed by atoms with Crippen LogP contribution in [-0.4, -0.2) is 25.0 Å². The van der Waals surface area contributed by atoms with E-state index in [1.807, 2.05) is 13.8 Å². The molecule has 0 aliphatic heterocycles. The van der Waals surface area contributed by atoms with Crippen molar-refractivity contribution in [2.75, 3.05) is 13.1 Å². The Bertz CT molecular complexity index is 755. The minimum absolute atomic E-state index is 0.120. The van der Waals surface area contributed by atoms with Crippen molar-refractivity contribution in [1.29, 1.82) is 0 Å². The second-order valence-electron chi connectivity index (χ2n) is 5.57. The molecular weight excluding hydrogens is 323 g/mol. The summed E-state index contributed by atoms with van der Waals surface area (Å²) >= 11 is 0. The molecule has 134 valence electrons. The number of carbonyl (C=O) groups excluding carboxylic acids is 1. The molecule has 0 aliphatic carbocycles. The standard InChI is InChI=1S/C18H23FN4O2/c1-3-21-18(23-11-15-6-7-16(25-15)17(20)24)22-9-8-13-4-5-14(19)10-12(13)2/h4-7,10H,3,8-9,11H2,1-2H3,(H2,20,24)(H2,21,22,23). The summed E-state index contributed by atoms with van der Waals surface area (Å²) in [4.78, 5) is 15.4. The third kappa shape index (κ3) is 5.63. The largest absolute Gasteiger partial charge is 0.454 e. The van der Waals surface area contributed by atoms with Crippen molar-refractivity contribution in [2.45, 2.75) is 26.8 Å². The monoisotopic (exact) mass is 346 g/mol. The number of furan rings is 1. The predicted octanol–water partition coefficient (Wildman–Crippen LogP) is 2.12. The number of guanidine groups is 1. The van der Waals surface area contributed by atoms with Crippen LogP contribution in [0.15, 0.2) is 39.7 Å². The number of benzene rings is 1. The summed E-state index contributed by atoms with van der Waals surface area (Å²) in [7, 11) is 0. The van der Waals surface area contributed by atoms with Gasteiger partial charge in [0.05, 0.1) is 0 Å². The van der Waals surface area contributed by atoms with Crippen LogP contribution in [0.4, 0.5) is 4.39 Å².